The molecule has 1 aliphatic heterocycles. The Morgan fingerprint density at radius 2 is 1.43 bits per heavy atom. The number of piperidine rings is 1. The zero-order valence-electron chi connectivity index (χ0n) is 14.6. The van der Waals surface area contributed by atoms with E-state index >= 15 is 0 Å². The summed E-state index contributed by atoms with van der Waals surface area (Å²) >= 11 is 2.55. The van der Waals surface area contributed by atoms with Crippen molar-refractivity contribution in [2.45, 2.75) is 81.0 Å². The van der Waals surface area contributed by atoms with Gasteiger partial charge in [-0.25, -0.2) is 0 Å². The second-order valence-electron chi connectivity index (χ2n) is 8.37. The molecule has 1 saturated heterocycles. The number of halogens is 1. The Hall–Kier alpha value is 0.360. The van der Waals surface area contributed by atoms with Crippen molar-refractivity contribution in [1.82, 2.24) is 4.90 Å². The molecule has 2 aliphatic carbocycles. The topological polar surface area (TPSA) is 20.3 Å². The molecule has 23 heavy (non-hydrogen) atoms. The van der Waals surface area contributed by atoms with Crippen LogP contribution in [0.4, 0.5) is 0 Å². The maximum Gasteiger partial charge on any atom is 0.149 e. The average Bonchev–Trinajstić information content (AvgIpc) is 2.58. The largest absolute Gasteiger partial charge is 0.298 e. The summed E-state index contributed by atoms with van der Waals surface area (Å²) in [5.74, 6) is 2.88. The van der Waals surface area contributed by atoms with Gasteiger partial charge in [-0.3, -0.25) is 9.69 Å². The van der Waals surface area contributed by atoms with Crippen LogP contribution in [-0.2, 0) is 4.79 Å². The summed E-state index contributed by atoms with van der Waals surface area (Å²) in [5.41, 5.74) is 0. The highest BCUT2D eigenvalue weighted by atomic mass is 127. The molecule has 0 bridgehead atoms. The second-order valence-corrected chi connectivity index (χ2v) is 10.1. The molecule has 3 fully saturated rings. The van der Waals surface area contributed by atoms with E-state index in [2.05, 4.69) is 27.5 Å². The van der Waals surface area contributed by atoms with Crippen LogP contribution in [0.1, 0.15) is 77.0 Å². The molecule has 0 spiro atoms. The number of carbonyl (C=O) groups excluding carboxylic acids is 1. The van der Waals surface area contributed by atoms with Crippen LogP contribution in [0.5, 0.6) is 0 Å². The van der Waals surface area contributed by atoms with Crippen molar-refractivity contribution in [2.24, 2.45) is 17.8 Å². The standard InChI is InChI=1S/C20H34INO/c21-19-8-6-18(7-9-19)20(23)15-22-12-10-17(11-13-22)14-16-4-2-1-3-5-16/h16-19H,1-15H2. The van der Waals surface area contributed by atoms with Gasteiger partial charge in [0.25, 0.3) is 0 Å². The van der Waals surface area contributed by atoms with Crippen molar-refractivity contribution in [3.63, 3.8) is 0 Å². The Morgan fingerprint density at radius 3 is 2.09 bits per heavy atom. The Kier molecular flexibility index (Phi) is 7.24. The third kappa shape index (κ3) is 5.69. The van der Waals surface area contributed by atoms with Crippen molar-refractivity contribution < 1.29 is 4.79 Å². The van der Waals surface area contributed by atoms with E-state index in [4.69, 9.17) is 0 Å². The summed E-state index contributed by atoms with van der Waals surface area (Å²) < 4.78 is 0.812. The lowest BCUT2D eigenvalue weighted by Gasteiger charge is -2.35. The number of hydrogen-bond donors (Lipinski definition) is 0. The first-order valence-corrected chi connectivity index (χ1v) is 11.3. The lowest BCUT2D eigenvalue weighted by atomic mass is 9.79. The molecule has 1 heterocycles. The molecule has 3 rings (SSSR count). The number of Topliss-reactive ketones (excluding diaryl/α,β-unsaturated/α-hetero) is 1. The van der Waals surface area contributed by atoms with Gasteiger partial charge in [-0.15, -0.1) is 0 Å². The van der Waals surface area contributed by atoms with Crippen molar-refractivity contribution in [1.29, 1.82) is 0 Å². The molecular weight excluding hydrogens is 397 g/mol. The summed E-state index contributed by atoms with van der Waals surface area (Å²) in [6, 6.07) is 0. The molecule has 0 aromatic carbocycles. The smallest absolute Gasteiger partial charge is 0.149 e. The minimum absolute atomic E-state index is 0.376. The van der Waals surface area contributed by atoms with Crippen LogP contribution < -0.4 is 0 Å². The first kappa shape index (κ1) is 18.2. The van der Waals surface area contributed by atoms with Gasteiger partial charge in [-0.2, -0.15) is 0 Å². The summed E-state index contributed by atoms with van der Waals surface area (Å²) in [4.78, 5) is 15.0. The van der Waals surface area contributed by atoms with E-state index in [1.54, 1.807) is 0 Å². The highest BCUT2D eigenvalue weighted by Crippen LogP contribution is 2.33. The average molecular weight is 431 g/mol. The van der Waals surface area contributed by atoms with Gasteiger partial charge in [0, 0.05) is 9.84 Å². The van der Waals surface area contributed by atoms with E-state index in [0.29, 0.717) is 11.7 Å². The number of ketones is 1. The van der Waals surface area contributed by atoms with E-state index < -0.39 is 0 Å². The molecule has 0 radical (unpaired) electrons. The molecule has 3 aliphatic rings. The van der Waals surface area contributed by atoms with E-state index in [1.165, 1.54) is 77.3 Å². The normalized spacial score (nSPS) is 32.0. The van der Waals surface area contributed by atoms with E-state index in [0.717, 1.165) is 35.1 Å². The van der Waals surface area contributed by atoms with E-state index in [1.807, 2.05) is 0 Å². The van der Waals surface area contributed by atoms with Crippen molar-refractivity contribution in [3.8, 4) is 0 Å². The van der Waals surface area contributed by atoms with E-state index in [9.17, 15) is 4.79 Å². The Balaban J connectivity index is 1.34. The van der Waals surface area contributed by atoms with Crippen LogP contribution in [0.15, 0.2) is 0 Å². The lowest BCUT2D eigenvalue weighted by Crippen LogP contribution is -2.40. The monoisotopic (exact) mass is 431 g/mol. The third-order valence-corrected chi connectivity index (χ3v) is 7.84. The van der Waals surface area contributed by atoms with Gasteiger partial charge < -0.3 is 0 Å². The van der Waals surface area contributed by atoms with Crippen LogP contribution in [0, 0.1) is 17.8 Å². The fraction of sp³-hybridized carbons (Fsp3) is 0.950. The zero-order valence-corrected chi connectivity index (χ0v) is 16.8. The van der Waals surface area contributed by atoms with Crippen LogP contribution in [0.25, 0.3) is 0 Å². The minimum atomic E-state index is 0.376. The highest BCUT2D eigenvalue weighted by Gasteiger charge is 2.28. The number of rotatable bonds is 5. The molecule has 0 aromatic heterocycles. The van der Waals surface area contributed by atoms with Crippen molar-refractivity contribution in [3.05, 3.63) is 0 Å². The van der Waals surface area contributed by atoms with Crippen LogP contribution in [0.3, 0.4) is 0 Å². The van der Waals surface area contributed by atoms with Crippen LogP contribution in [0.2, 0.25) is 0 Å². The zero-order chi connectivity index (χ0) is 16.1. The van der Waals surface area contributed by atoms with Gasteiger partial charge in [0.2, 0.25) is 0 Å². The summed E-state index contributed by atoms with van der Waals surface area (Å²) in [7, 11) is 0. The molecular formula is C20H34INO. The van der Waals surface area contributed by atoms with Crippen LogP contribution >= 0.6 is 22.6 Å². The SMILES string of the molecule is O=C(CN1CCC(CC2CCCCC2)CC1)C1CCC(I)CC1. The first-order chi connectivity index (χ1) is 11.2. The predicted octanol–water partition coefficient (Wildman–Crippen LogP) is 5.23. The summed E-state index contributed by atoms with van der Waals surface area (Å²) in [5, 5.41) is 0. The van der Waals surface area contributed by atoms with Gasteiger partial charge in [-0.1, -0.05) is 54.7 Å². The Labute approximate surface area is 156 Å². The van der Waals surface area contributed by atoms with Gasteiger partial charge in [-0.05, 0) is 69.9 Å². The third-order valence-electron chi connectivity index (χ3n) is 6.59. The molecule has 0 amide bonds. The van der Waals surface area contributed by atoms with Gasteiger partial charge >= 0.3 is 0 Å². The maximum atomic E-state index is 12.5. The van der Waals surface area contributed by atoms with Crippen LogP contribution in [-0.4, -0.2) is 34.2 Å². The summed E-state index contributed by atoms with van der Waals surface area (Å²) in [6.45, 7) is 3.09. The number of carbonyl (C=O) groups is 1. The number of alkyl halides is 1. The molecule has 0 N–H and O–H groups in total. The molecule has 0 atom stereocenters. The van der Waals surface area contributed by atoms with E-state index in [-0.39, 0.29) is 0 Å². The fourth-order valence-electron chi connectivity index (χ4n) is 5.00. The number of likely N-dealkylation sites (tertiary alicyclic amines) is 1. The lowest BCUT2D eigenvalue weighted by molar-refractivity contribution is -0.125. The molecule has 0 unspecified atom stereocenters. The number of hydrogen-bond acceptors (Lipinski definition) is 2. The quantitative estimate of drug-likeness (QED) is 0.439. The number of nitrogens with zero attached hydrogens (tertiary/aromatic N) is 1. The second kappa shape index (κ2) is 9.17. The molecule has 132 valence electrons. The predicted molar refractivity (Wildman–Crippen MR) is 105 cm³/mol. The molecule has 0 aromatic rings. The highest BCUT2D eigenvalue weighted by molar-refractivity contribution is 14.1. The first-order valence-electron chi connectivity index (χ1n) is 10.1. The fourth-order valence-corrected chi connectivity index (χ4v) is 5.72. The molecule has 2 saturated carbocycles. The maximum absolute atomic E-state index is 12.5. The van der Waals surface area contributed by atoms with Gasteiger partial charge in [0.1, 0.15) is 5.78 Å². The minimum Gasteiger partial charge on any atom is -0.298 e. The van der Waals surface area contributed by atoms with Gasteiger partial charge in [0.15, 0.2) is 0 Å². The molecule has 3 heteroatoms. The van der Waals surface area contributed by atoms with Gasteiger partial charge in [0.05, 0.1) is 6.54 Å². The Morgan fingerprint density at radius 1 is 0.826 bits per heavy atom. The molecule has 2 nitrogen and oxygen atoms in total. The summed E-state index contributed by atoms with van der Waals surface area (Å²) in [6.07, 6.45) is 16.3. The van der Waals surface area contributed by atoms with Crippen molar-refractivity contribution in [2.75, 3.05) is 19.6 Å². The van der Waals surface area contributed by atoms with Crippen molar-refractivity contribution >= 4 is 28.4 Å². The Bertz CT molecular complexity index is 364.